The van der Waals surface area contributed by atoms with Crippen LogP contribution >= 0.6 is 0 Å². The largest absolute Gasteiger partial charge is 0.479 e. The van der Waals surface area contributed by atoms with Crippen molar-refractivity contribution in [2.24, 2.45) is 0 Å². The quantitative estimate of drug-likeness (QED) is 0.207. The summed E-state index contributed by atoms with van der Waals surface area (Å²) in [4.78, 5) is 64.6. The van der Waals surface area contributed by atoms with Crippen molar-refractivity contribution >= 4 is 30.0 Å². The molecule has 1 saturated heterocycles. The van der Waals surface area contributed by atoms with Gasteiger partial charge in [-0.2, -0.15) is 0 Å². The Balaban J connectivity index is 2.09. The van der Waals surface area contributed by atoms with Gasteiger partial charge < -0.3 is 40.5 Å². The highest BCUT2D eigenvalue weighted by molar-refractivity contribution is 5.92. The van der Waals surface area contributed by atoms with Gasteiger partial charge in [-0.1, -0.05) is 30.3 Å². The number of carbonyl (C=O) groups excluding carboxylic acids is 4. The van der Waals surface area contributed by atoms with E-state index < -0.39 is 65.4 Å². The number of carbonyl (C=O) groups is 5. The first-order valence-electron chi connectivity index (χ1n) is 15.0. The van der Waals surface area contributed by atoms with Crippen molar-refractivity contribution < 1.29 is 43.7 Å². The minimum absolute atomic E-state index is 0.118. The molecule has 1 unspecified atom stereocenters. The number of nitrogens with zero attached hydrogens (tertiary/aromatic N) is 1. The van der Waals surface area contributed by atoms with E-state index in [1.807, 2.05) is 30.3 Å². The number of aliphatic carboxylic acids is 1. The summed E-state index contributed by atoms with van der Waals surface area (Å²) < 4.78 is 10.5. The van der Waals surface area contributed by atoms with Gasteiger partial charge in [-0.25, -0.2) is 14.4 Å². The van der Waals surface area contributed by atoms with E-state index in [9.17, 15) is 34.2 Å². The number of carboxylic acid groups (broad SMARTS) is 1. The summed E-state index contributed by atoms with van der Waals surface area (Å²) in [5.74, 6) is -2.56. The molecule has 1 aliphatic heterocycles. The molecule has 1 heterocycles. The predicted octanol–water partition coefficient (Wildman–Crippen LogP) is 2.74. The number of ether oxygens (including phenoxy) is 2. The topological polar surface area (TPSA) is 184 Å². The van der Waals surface area contributed by atoms with Crippen LogP contribution in [0.2, 0.25) is 0 Å². The zero-order chi connectivity index (χ0) is 33.1. The molecule has 0 aliphatic carbocycles. The van der Waals surface area contributed by atoms with Crippen LogP contribution < -0.4 is 16.0 Å². The van der Waals surface area contributed by atoms with Crippen LogP contribution in [0, 0.1) is 0 Å². The molecule has 5 N–H and O–H groups in total. The molecule has 13 nitrogen and oxygen atoms in total. The van der Waals surface area contributed by atoms with E-state index in [0.717, 1.165) is 5.56 Å². The van der Waals surface area contributed by atoms with Crippen molar-refractivity contribution in [1.82, 2.24) is 20.9 Å². The highest BCUT2D eigenvalue weighted by atomic mass is 16.6. The molecule has 44 heavy (non-hydrogen) atoms. The Bertz CT molecular complexity index is 1130. The van der Waals surface area contributed by atoms with Gasteiger partial charge in [-0.15, -0.1) is 0 Å². The Labute approximate surface area is 259 Å². The molecule has 0 bridgehead atoms. The molecular formula is C31H48N4O9. The van der Waals surface area contributed by atoms with Crippen molar-refractivity contribution in [3.8, 4) is 0 Å². The molecule has 0 aromatic heterocycles. The Kier molecular flexibility index (Phi) is 13.4. The van der Waals surface area contributed by atoms with Gasteiger partial charge in [0.05, 0.1) is 6.04 Å². The zero-order valence-corrected chi connectivity index (χ0v) is 26.6. The molecule has 2 rings (SSSR count). The monoisotopic (exact) mass is 620 g/mol. The first-order valence-corrected chi connectivity index (χ1v) is 15.0. The molecule has 1 aromatic rings. The van der Waals surface area contributed by atoms with E-state index in [1.165, 1.54) is 4.90 Å². The number of benzene rings is 1. The Hall–Kier alpha value is -3.87. The molecule has 0 spiro atoms. The Morgan fingerprint density at radius 1 is 0.932 bits per heavy atom. The normalized spacial score (nSPS) is 17.2. The lowest BCUT2D eigenvalue weighted by atomic mass is 10.0. The molecule has 0 radical (unpaired) electrons. The lowest BCUT2D eigenvalue weighted by Gasteiger charge is -2.31. The van der Waals surface area contributed by atoms with Gasteiger partial charge in [0, 0.05) is 19.5 Å². The van der Waals surface area contributed by atoms with E-state index in [2.05, 4.69) is 16.0 Å². The number of unbranched alkanes of at least 4 members (excludes halogenated alkanes) is 1. The number of hydrogen-bond acceptors (Lipinski definition) is 8. The van der Waals surface area contributed by atoms with E-state index >= 15 is 0 Å². The number of hydrogen-bond donors (Lipinski definition) is 5. The highest BCUT2D eigenvalue weighted by Gasteiger charge is 2.39. The van der Waals surface area contributed by atoms with Crippen LogP contribution in [-0.2, 0) is 30.3 Å². The first kappa shape index (κ1) is 36.3. The van der Waals surface area contributed by atoms with Gasteiger partial charge >= 0.3 is 18.2 Å². The summed E-state index contributed by atoms with van der Waals surface area (Å²) in [6.07, 6.45) is -1.24. The number of alkyl carbamates (subject to hydrolysis) is 2. The van der Waals surface area contributed by atoms with Crippen LogP contribution in [0.25, 0.3) is 0 Å². The van der Waals surface area contributed by atoms with E-state index in [0.29, 0.717) is 25.7 Å². The predicted molar refractivity (Wildman–Crippen MR) is 162 cm³/mol. The third-order valence-corrected chi connectivity index (χ3v) is 6.68. The standard InChI is InChI=1S/C31H48N4O9/c1-30(2,3)43-28(41)32-17-11-10-15-21(24(36)27(39)40)33-25(37)23-16-12-18-35(23)26(38)22(19-20-13-8-7-9-14-20)34-29(42)44-31(4,5)6/h7-9,13-14,21-24,36H,10-12,15-19H2,1-6H3,(H,32,41)(H,33,37)(H,34,42)(H,39,40)/t21-,22+,23-,24?/m0/s1. The number of likely N-dealkylation sites (tertiary alicyclic amines) is 1. The minimum atomic E-state index is -1.87. The van der Waals surface area contributed by atoms with Crippen molar-refractivity contribution in [3.05, 3.63) is 35.9 Å². The summed E-state index contributed by atoms with van der Waals surface area (Å²) >= 11 is 0. The summed E-state index contributed by atoms with van der Waals surface area (Å²) in [5, 5.41) is 27.7. The van der Waals surface area contributed by atoms with Gasteiger partial charge in [-0.3, -0.25) is 9.59 Å². The summed E-state index contributed by atoms with van der Waals surface area (Å²) in [6.45, 7) is 10.9. The van der Waals surface area contributed by atoms with Crippen LogP contribution in [0.1, 0.15) is 79.2 Å². The van der Waals surface area contributed by atoms with Crippen LogP contribution in [0.15, 0.2) is 30.3 Å². The molecule has 246 valence electrons. The fraction of sp³-hybridized carbons (Fsp3) is 0.645. The van der Waals surface area contributed by atoms with Crippen LogP contribution in [-0.4, -0.2) is 93.6 Å². The summed E-state index contributed by atoms with van der Waals surface area (Å²) in [6, 6.07) is 6.06. The highest BCUT2D eigenvalue weighted by Crippen LogP contribution is 2.21. The molecule has 1 aromatic carbocycles. The second-order valence-corrected chi connectivity index (χ2v) is 12.9. The van der Waals surface area contributed by atoms with Gasteiger partial charge in [0.2, 0.25) is 11.8 Å². The van der Waals surface area contributed by atoms with E-state index in [-0.39, 0.29) is 25.9 Å². The average molecular weight is 621 g/mol. The number of nitrogens with one attached hydrogen (secondary N) is 3. The number of amides is 4. The molecule has 1 fully saturated rings. The third-order valence-electron chi connectivity index (χ3n) is 6.68. The maximum Gasteiger partial charge on any atom is 0.408 e. The van der Waals surface area contributed by atoms with Gasteiger partial charge in [-0.05, 0) is 79.2 Å². The van der Waals surface area contributed by atoms with Gasteiger partial charge in [0.1, 0.15) is 23.3 Å². The van der Waals surface area contributed by atoms with Crippen LogP contribution in [0.3, 0.4) is 0 Å². The molecule has 4 amide bonds. The molecule has 0 saturated carbocycles. The Morgan fingerprint density at radius 2 is 1.55 bits per heavy atom. The maximum atomic E-state index is 13.8. The van der Waals surface area contributed by atoms with Crippen molar-refractivity contribution in [2.75, 3.05) is 13.1 Å². The van der Waals surface area contributed by atoms with E-state index in [1.54, 1.807) is 41.5 Å². The number of aliphatic hydroxyl groups is 1. The van der Waals surface area contributed by atoms with Crippen molar-refractivity contribution in [1.29, 1.82) is 0 Å². The smallest absolute Gasteiger partial charge is 0.408 e. The van der Waals surface area contributed by atoms with Crippen molar-refractivity contribution in [3.63, 3.8) is 0 Å². The number of rotatable bonds is 13. The number of aliphatic hydroxyl groups excluding tert-OH is 1. The minimum Gasteiger partial charge on any atom is -0.479 e. The second kappa shape index (κ2) is 16.3. The SMILES string of the molecule is CC(C)(C)OC(=O)NCCCC[C@H](NC(=O)[C@@H]1CCCN1C(=O)[C@@H](Cc1ccccc1)NC(=O)OC(C)(C)C)C(O)C(=O)O. The van der Waals surface area contributed by atoms with Gasteiger partial charge in [0.15, 0.2) is 6.10 Å². The van der Waals surface area contributed by atoms with Gasteiger partial charge in [0.25, 0.3) is 0 Å². The fourth-order valence-electron chi connectivity index (χ4n) is 4.76. The molecule has 13 heteroatoms. The third kappa shape index (κ3) is 12.8. The zero-order valence-electron chi connectivity index (χ0n) is 26.6. The van der Waals surface area contributed by atoms with Crippen molar-refractivity contribution in [2.45, 2.75) is 115 Å². The lowest BCUT2D eigenvalue weighted by molar-refractivity contribution is -0.149. The fourth-order valence-corrected chi connectivity index (χ4v) is 4.76. The van der Waals surface area contributed by atoms with Crippen LogP contribution in [0.5, 0.6) is 0 Å². The second-order valence-electron chi connectivity index (χ2n) is 12.9. The van der Waals surface area contributed by atoms with Crippen LogP contribution in [0.4, 0.5) is 9.59 Å². The summed E-state index contributed by atoms with van der Waals surface area (Å²) in [5.41, 5.74) is -0.631. The molecule has 4 atom stereocenters. The number of carboxylic acids is 1. The lowest BCUT2D eigenvalue weighted by Crippen LogP contribution is -2.57. The van der Waals surface area contributed by atoms with E-state index in [4.69, 9.17) is 9.47 Å². The molecule has 1 aliphatic rings. The summed E-state index contributed by atoms with van der Waals surface area (Å²) in [7, 11) is 0. The Morgan fingerprint density at radius 3 is 2.14 bits per heavy atom. The average Bonchev–Trinajstić information content (AvgIpc) is 3.39. The maximum absolute atomic E-state index is 13.8. The first-order chi connectivity index (χ1) is 20.5. The molecular weight excluding hydrogens is 572 g/mol.